The Kier molecular flexibility index (Phi) is 28.6. The smallest absolute Gasteiger partial charge is 1.00 e. The monoisotopic (exact) mass is 257 g/mol. The van der Waals surface area contributed by atoms with Crippen molar-refractivity contribution in [2.24, 2.45) is 0 Å². The first kappa shape index (κ1) is 17.2. The molecule has 0 radical (unpaired) electrons. The molecule has 1 saturated heterocycles. The van der Waals surface area contributed by atoms with E-state index in [-0.39, 0.29) is 36.5 Å². The van der Waals surface area contributed by atoms with Crippen LogP contribution in [-0.2, 0) is 19.5 Å². The molecule has 0 amide bonds. The molecule has 0 saturated carbocycles. The minimum atomic E-state index is 0. The molecule has 0 aromatic carbocycles. The fraction of sp³-hybridized carbons (Fsp3) is 0.857. The molecule has 0 aliphatic carbocycles. The number of hydrogen-bond donors (Lipinski definition) is 1. The van der Waals surface area contributed by atoms with E-state index in [4.69, 9.17) is 0 Å². The molecule has 1 heterocycles. The normalized spacial score (nSPS) is 15.0. The van der Waals surface area contributed by atoms with Crippen molar-refractivity contribution in [3.63, 3.8) is 0 Å². The molecule has 0 aromatic heterocycles. The van der Waals surface area contributed by atoms with Gasteiger partial charge >= 0.3 is 19.5 Å². The van der Waals surface area contributed by atoms with Gasteiger partial charge in [-0.15, -0.1) is 0 Å². The van der Waals surface area contributed by atoms with Crippen LogP contribution in [0.25, 0.3) is 0 Å². The Morgan fingerprint density at radius 1 is 1.00 bits per heavy atom. The number of hydrogen-bond acceptors (Lipinski definition) is 1. The fourth-order valence-corrected chi connectivity index (χ4v) is 0.802. The van der Waals surface area contributed by atoms with Crippen LogP contribution in [0, 0.1) is 6.92 Å². The predicted octanol–water partition coefficient (Wildman–Crippen LogP) is -1.40. The van der Waals surface area contributed by atoms with Gasteiger partial charge in [-0.3, -0.25) is 0 Å². The third-order valence-electron chi connectivity index (χ3n) is 1.21. The van der Waals surface area contributed by atoms with Crippen molar-refractivity contribution in [2.75, 3.05) is 13.1 Å². The molecule has 1 rings (SSSR count). The Balaban J connectivity index is -0.000000114. The van der Waals surface area contributed by atoms with E-state index >= 15 is 0 Å². The average molecular weight is 260 g/mol. The van der Waals surface area contributed by atoms with Crippen molar-refractivity contribution in [3.8, 4) is 0 Å². The molecule has 1 aliphatic rings. The van der Waals surface area contributed by atoms with Crippen molar-refractivity contribution in [3.05, 3.63) is 6.92 Å². The summed E-state index contributed by atoms with van der Waals surface area (Å²) in [6.45, 7) is 7.50. The first-order chi connectivity index (χ1) is 4.00. The van der Waals surface area contributed by atoms with Crippen LogP contribution in [-0.4, -0.2) is 13.1 Å². The Labute approximate surface area is 87.9 Å². The molecule has 0 atom stereocenters. The van der Waals surface area contributed by atoms with Gasteiger partial charge in [0.25, 0.3) is 0 Å². The fourth-order valence-electron chi connectivity index (χ4n) is 0.802. The van der Waals surface area contributed by atoms with Gasteiger partial charge in [-0.1, -0.05) is 6.42 Å². The van der Waals surface area contributed by atoms with Crippen molar-refractivity contribution < 1.29 is 36.5 Å². The predicted molar refractivity (Wildman–Crippen MR) is 37.8 cm³/mol. The number of halogens is 1. The summed E-state index contributed by atoms with van der Waals surface area (Å²) in [6.07, 6.45) is 4.22. The Morgan fingerprint density at radius 3 is 1.50 bits per heavy atom. The summed E-state index contributed by atoms with van der Waals surface area (Å²) in [4.78, 5) is 0. The Hall–Kier alpha value is 1.06. The van der Waals surface area contributed by atoms with Gasteiger partial charge in [0.15, 0.2) is 0 Å². The maximum Gasteiger partial charge on any atom is 2.00 e. The van der Waals surface area contributed by atoms with E-state index in [1.165, 1.54) is 32.4 Å². The van der Waals surface area contributed by atoms with Crippen LogP contribution < -0.4 is 22.3 Å². The number of piperidine rings is 1. The van der Waals surface area contributed by atoms with Gasteiger partial charge in [0.05, 0.1) is 0 Å². The van der Waals surface area contributed by atoms with Crippen molar-refractivity contribution in [1.82, 2.24) is 5.32 Å². The van der Waals surface area contributed by atoms with Crippen molar-refractivity contribution in [2.45, 2.75) is 26.2 Å². The molecule has 1 N–H and O–H groups in total. The molecule has 58 valence electrons. The van der Waals surface area contributed by atoms with Crippen LogP contribution in [0.1, 0.15) is 26.2 Å². The molecule has 3 heteroatoms. The molecule has 0 unspecified atom stereocenters. The zero-order chi connectivity index (χ0) is 6.24. The summed E-state index contributed by atoms with van der Waals surface area (Å²) < 4.78 is 0. The zero-order valence-corrected chi connectivity index (χ0v) is 11.4. The minimum absolute atomic E-state index is 0. The zero-order valence-electron chi connectivity index (χ0n) is 6.83. The van der Waals surface area contributed by atoms with Crippen LogP contribution in [0.2, 0.25) is 0 Å². The Bertz CT molecular complexity index is 29.1. The average Bonchev–Trinajstić information content (AvgIpc) is 1.96. The molecule has 1 aliphatic heterocycles. The van der Waals surface area contributed by atoms with Crippen molar-refractivity contribution >= 4 is 0 Å². The van der Waals surface area contributed by atoms with Gasteiger partial charge in [-0.05, 0) is 25.9 Å². The SMILES string of the molecule is C1CCNCC1.[Br-].[CH2-]C.[Zn+2]. The van der Waals surface area contributed by atoms with E-state index in [1.54, 1.807) is 6.92 Å². The molecular formula is C7H16BrNZn. The van der Waals surface area contributed by atoms with Crippen molar-refractivity contribution in [1.29, 1.82) is 0 Å². The topological polar surface area (TPSA) is 12.0 Å². The second kappa shape index (κ2) is 16.6. The van der Waals surface area contributed by atoms with Gasteiger partial charge in [0.2, 0.25) is 0 Å². The van der Waals surface area contributed by atoms with E-state index in [0.717, 1.165) is 0 Å². The van der Waals surface area contributed by atoms with Gasteiger partial charge in [-0.25, -0.2) is 0 Å². The maximum absolute atomic E-state index is 3.28. The summed E-state index contributed by atoms with van der Waals surface area (Å²) in [6, 6.07) is 0. The van der Waals surface area contributed by atoms with Crippen LogP contribution >= 0.6 is 0 Å². The molecule has 0 spiro atoms. The van der Waals surface area contributed by atoms with Gasteiger partial charge in [0.1, 0.15) is 0 Å². The maximum atomic E-state index is 3.28. The van der Waals surface area contributed by atoms with E-state index in [9.17, 15) is 0 Å². The molecule has 1 nitrogen and oxygen atoms in total. The molecule has 10 heavy (non-hydrogen) atoms. The van der Waals surface area contributed by atoms with E-state index in [2.05, 4.69) is 12.2 Å². The molecular weight excluding hydrogens is 243 g/mol. The summed E-state index contributed by atoms with van der Waals surface area (Å²) in [5.41, 5.74) is 0. The van der Waals surface area contributed by atoms with E-state index < -0.39 is 0 Å². The molecule has 0 bridgehead atoms. The second-order valence-corrected chi connectivity index (χ2v) is 1.81. The quantitative estimate of drug-likeness (QED) is 0.417. The van der Waals surface area contributed by atoms with Crippen LogP contribution in [0.4, 0.5) is 0 Å². The largest absolute Gasteiger partial charge is 2.00 e. The molecule has 1 fully saturated rings. The first-order valence-electron chi connectivity index (χ1n) is 3.41. The van der Waals surface area contributed by atoms with E-state index in [0.29, 0.717) is 0 Å². The van der Waals surface area contributed by atoms with Gasteiger partial charge in [-0.2, -0.15) is 6.92 Å². The summed E-state index contributed by atoms with van der Waals surface area (Å²) in [5.74, 6) is 0. The number of rotatable bonds is 0. The van der Waals surface area contributed by atoms with Crippen LogP contribution in [0.5, 0.6) is 0 Å². The standard InChI is InChI=1S/C5H11N.C2H5.BrH.Zn/c1-2-4-6-5-3-1;1-2;;/h6H,1-5H2;1H2,2H3;1H;/q;-1;;+2/p-1. The Morgan fingerprint density at radius 2 is 1.40 bits per heavy atom. The molecule has 0 aromatic rings. The first-order valence-corrected chi connectivity index (χ1v) is 3.41. The minimum Gasteiger partial charge on any atom is -1.00 e. The van der Waals surface area contributed by atoms with Gasteiger partial charge in [0, 0.05) is 0 Å². The number of nitrogens with one attached hydrogen (secondary N) is 1. The second-order valence-electron chi connectivity index (χ2n) is 1.81. The van der Waals surface area contributed by atoms with Gasteiger partial charge < -0.3 is 29.2 Å². The third kappa shape index (κ3) is 11.8. The summed E-state index contributed by atoms with van der Waals surface area (Å²) >= 11 is 0. The van der Waals surface area contributed by atoms with Crippen LogP contribution in [0.3, 0.4) is 0 Å². The van der Waals surface area contributed by atoms with Crippen LogP contribution in [0.15, 0.2) is 0 Å². The summed E-state index contributed by atoms with van der Waals surface area (Å²) in [7, 11) is 0. The third-order valence-corrected chi connectivity index (χ3v) is 1.21. The van der Waals surface area contributed by atoms with E-state index in [1.807, 2.05) is 0 Å². The summed E-state index contributed by atoms with van der Waals surface area (Å²) in [5, 5.41) is 3.28.